The molecular weight excluding hydrogens is 435 g/mol. The van der Waals surface area contributed by atoms with E-state index in [9.17, 15) is 9.59 Å². The molecule has 0 atom stereocenters. The minimum absolute atomic E-state index is 0.136. The third-order valence-corrected chi connectivity index (χ3v) is 6.16. The van der Waals surface area contributed by atoms with Gasteiger partial charge < -0.3 is 13.7 Å². The van der Waals surface area contributed by atoms with Crippen LogP contribution in [0.4, 0.5) is 0 Å². The zero-order chi connectivity index (χ0) is 20.5. The van der Waals surface area contributed by atoms with E-state index < -0.39 is 11.5 Å². The highest BCUT2D eigenvalue weighted by Crippen LogP contribution is 2.32. The Balaban J connectivity index is 1.90. The number of rotatable bonds is 4. The fourth-order valence-electron chi connectivity index (χ4n) is 2.94. The van der Waals surface area contributed by atoms with Crippen LogP contribution in [0.3, 0.4) is 0 Å². The van der Waals surface area contributed by atoms with Crippen molar-refractivity contribution in [2.75, 3.05) is 13.7 Å². The zero-order valence-corrected chi connectivity index (χ0v) is 17.5. The number of fused-ring (bicyclic) bond motifs is 2. The van der Waals surface area contributed by atoms with Gasteiger partial charge in [0.2, 0.25) is 0 Å². The highest BCUT2D eigenvalue weighted by Gasteiger charge is 2.16. The summed E-state index contributed by atoms with van der Waals surface area (Å²) in [5.41, 5.74) is 0.206. The van der Waals surface area contributed by atoms with Gasteiger partial charge in [-0.15, -0.1) is 0 Å². The number of amides is 1. The standard InChI is InChI=1S/C20H14Cl2N2O4S/c1-27-9-8-24-17-15(7-6-13(21)16(17)22)29-20(24)23-18(25)12-10-11-4-2-3-5-14(11)28-19(12)26/h2-7,10H,8-9H2,1H3. The number of para-hydroxylation sites is 1. The Morgan fingerprint density at radius 2 is 2.03 bits per heavy atom. The lowest BCUT2D eigenvalue weighted by atomic mass is 10.2. The molecule has 0 spiro atoms. The zero-order valence-electron chi connectivity index (χ0n) is 15.1. The molecule has 0 bridgehead atoms. The number of methoxy groups -OCH3 is 1. The highest BCUT2D eigenvalue weighted by atomic mass is 35.5. The van der Waals surface area contributed by atoms with Gasteiger partial charge in [-0.2, -0.15) is 4.99 Å². The first kappa shape index (κ1) is 19.8. The van der Waals surface area contributed by atoms with Crippen molar-refractivity contribution in [2.45, 2.75) is 6.54 Å². The lowest BCUT2D eigenvalue weighted by Crippen LogP contribution is -2.21. The fraction of sp³-hybridized carbons (Fsp3) is 0.150. The summed E-state index contributed by atoms with van der Waals surface area (Å²) < 4.78 is 13.0. The molecule has 0 saturated carbocycles. The van der Waals surface area contributed by atoms with Crippen molar-refractivity contribution < 1.29 is 13.9 Å². The second-order valence-corrected chi connectivity index (χ2v) is 7.93. The third-order valence-electron chi connectivity index (χ3n) is 4.32. The molecule has 0 saturated heterocycles. The van der Waals surface area contributed by atoms with E-state index in [0.717, 1.165) is 4.70 Å². The number of carbonyl (C=O) groups excluding carboxylic acids is 1. The molecule has 0 aliphatic rings. The molecular formula is C20H14Cl2N2O4S. The molecule has 2 heterocycles. The van der Waals surface area contributed by atoms with Crippen molar-refractivity contribution in [1.82, 2.24) is 4.57 Å². The quantitative estimate of drug-likeness (QED) is 0.430. The molecule has 0 radical (unpaired) electrons. The molecule has 2 aromatic heterocycles. The predicted octanol–water partition coefficient (Wildman–Crippen LogP) is 4.50. The van der Waals surface area contributed by atoms with Crippen LogP contribution < -0.4 is 10.4 Å². The lowest BCUT2D eigenvalue weighted by Gasteiger charge is -2.06. The van der Waals surface area contributed by atoms with Crippen LogP contribution in [0.15, 0.2) is 56.7 Å². The van der Waals surface area contributed by atoms with Gasteiger partial charge in [-0.25, -0.2) is 4.79 Å². The SMILES string of the molecule is COCCn1c(=NC(=O)c2cc3ccccc3oc2=O)sc2ccc(Cl)c(Cl)c21. The van der Waals surface area contributed by atoms with E-state index in [1.807, 2.05) is 6.07 Å². The molecule has 2 aromatic carbocycles. The van der Waals surface area contributed by atoms with Crippen LogP contribution in [0, 0.1) is 0 Å². The van der Waals surface area contributed by atoms with Crippen molar-refractivity contribution in [3.8, 4) is 0 Å². The van der Waals surface area contributed by atoms with Crippen molar-refractivity contribution in [2.24, 2.45) is 4.99 Å². The summed E-state index contributed by atoms with van der Waals surface area (Å²) in [4.78, 5) is 29.7. The van der Waals surface area contributed by atoms with Crippen molar-refractivity contribution in [3.63, 3.8) is 0 Å². The first-order valence-electron chi connectivity index (χ1n) is 8.58. The summed E-state index contributed by atoms with van der Waals surface area (Å²) in [6.45, 7) is 0.795. The van der Waals surface area contributed by atoms with E-state index >= 15 is 0 Å². The summed E-state index contributed by atoms with van der Waals surface area (Å²) in [6.07, 6.45) is 0. The summed E-state index contributed by atoms with van der Waals surface area (Å²) in [5.74, 6) is -0.690. The van der Waals surface area contributed by atoms with Crippen molar-refractivity contribution in [1.29, 1.82) is 0 Å². The number of ether oxygens (including phenoxy) is 1. The molecule has 148 valence electrons. The van der Waals surface area contributed by atoms with Crippen LogP contribution in [0.25, 0.3) is 21.2 Å². The Morgan fingerprint density at radius 3 is 2.83 bits per heavy atom. The van der Waals surface area contributed by atoms with Crippen molar-refractivity contribution in [3.05, 3.63) is 73.3 Å². The summed E-state index contributed by atoms with van der Waals surface area (Å²) in [7, 11) is 1.58. The van der Waals surface area contributed by atoms with Crippen LogP contribution in [0.1, 0.15) is 10.4 Å². The third kappa shape index (κ3) is 3.74. The lowest BCUT2D eigenvalue weighted by molar-refractivity contribution is 0.0994. The predicted molar refractivity (Wildman–Crippen MR) is 114 cm³/mol. The molecule has 0 unspecified atom stereocenters. The monoisotopic (exact) mass is 448 g/mol. The van der Waals surface area contributed by atoms with E-state index in [-0.39, 0.29) is 5.56 Å². The summed E-state index contributed by atoms with van der Waals surface area (Å²) >= 11 is 13.8. The number of hydrogen-bond acceptors (Lipinski definition) is 5. The fourth-order valence-corrected chi connectivity index (χ4v) is 4.47. The minimum atomic E-state index is -0.733. The van der Waals surface area contributed by atoms with Crippen LogP contribution in [0.2, 0.25) is 10.0 Å². The van der Waals surface area contributed by atoms with Gasteiger partial charge in [0, 0.05) is 19.0 Å². The van der Waals surface area contributed by atoms with Gasteiger partial charge in [0.05, 0.1) is 26.9 Å². The molecule has 4 rings (SSSR count). The average molecular weight is 449 g/mol. The topological polar surface area (TPSA) is 73.8 Å². The van der Waals surface area contributed by atoms with Crippen LogP contribution in [0.5, 0.6) is 0 Å². The Morgan fingerprint density at radius 1 is 1.24 bits per heavy atom. The van der Waals surface area contributed by atoms with Gasteiger partial charge in [0.25, 0.3) is 5.91 Å². The van der Waals surface area contributed by atoms with Crippen molar-refractivity contribution >= 4 is 61.6 Å². The van der Waals surface area contributed by atoms with E-state index in [0.29, 0.717) is 44.5 Å². The van der Waals surface area contributed by atoms with Gasteiger partial charge in [-0.1, -0.05) is 52.7 Å². The Labute approximate surface area is 178 Å². The van der Waals surface area contributed by atoms with E-state index in [1.165, 1.54) is 17.4 Å². The number of benzene rings is 2. The first-order valence-corrected chi connectivity index (χ1v) is 10.1. The van der Waals surface area contributed by atoms with Gasteiger partial charge in [0.15, 0.2) is 4.80 Å². The molecule has 4 aromatic rings. The number of hydrogen-bond donors (Lipinski definition) is 0. The largest absolute Gasteiger partial charge is 0.422 e. The molecule has 6 nitrogen and oxygen atoms in total. The van der Waals surface area contributed by atoms with E-state index in [4.69, 9.17) is 32.4 Å². The van der Waals surface area contributed by atoms with Gasteiger partial charge in [0.1, 0.15) is 11.1 Å². The second kappa shape index (κ2) is 8.12. The molecule has 0 aliphatic heterocycles. The maximum Gasteiger partial charge on any atom is 0.349 e. The van der Waals surface area contributed by atoms with Gasteiger partial charge in [-0.3, -0.25) is 4.79 Å². The molecule has 0 N–H and O–H groups in total. The number of carbonyl (C=O) groups is 1. The average Bonchev–Trinajstić information content (AvgIpc) is 3.06. The molecule has 1 amide bonds. The maximum absolute atomic E-state index is 12.8. The van der Waals surface area contributed by atoms with Crippen LogP contribution in [-0.4, -0.2) is 24.2 Å². The smallest absolute Gasteiger partial charge is 0.349 e. The summed E-state index contributed by atoms with van der Waals surface area (Å²) in [6, 6.07) is 12.0. The Kier molecular flexibility index (Phi) is 5.56. The highest BCUT2D eigenvalue weighted by molar-refractivity contribution is 7.16. The summed E-state index contributed by atoms with van der Waals surface area (Å²) in [5, 5.41) is 1.41. The molecule has 29 heavy (non-hydrogen) atoms. The maximum atomic E-state index is 12.8. The van der Waals surface area contributed by atoms with E-state index in [2.05, 4.69) is 4.99 Å². The molecule has 9 heteroatoms. The normalized spacial score (nSPS) is 12.2. The number of halogens is 2. The van der Waals surface area contributed by atoms with Gasteiger partial charge in [-0.05, 0) is 24.3 Å². The Hall–Kier alpha value is -2.45. The van der Waals surface area contributed by atoms with Crippen LogP contribution >= 0.6 is 34.5 Å². The van der Waals surface area contributed by atoms with Crippen LogP contribution in [-0.2, 0) is 11.3 Å². The number of thiazole rings is 1. The van der Waals surface area contributed by atoms with Gasteiger partial charge >= 0.3 is 5.63 Å². The molecule has 0 fully saturated rings. The number of nitrogens with zero attached hydrogens (tertiary/aromatic N) is 2. The number of aromatic nitrogens is 1. The van der Waals surface area contributed by atoms with E-state index in [1.54, 1.807) is 42.0 Å². The molecule has 0 aliphatic carbocycles. The minimum Gasteiger partial charge on any atom is -0.422 e. The second-order valence-electron chi connectivity index (χ2n) is 6.14. The Bertz CT molecular complexity index is 1370. The first-order chi connectivity index (χ1) is 14.0.